The Morgan fingerprint density at radius 1 is 1.28 bits per heavy atom. The molecule has 0 radical (unpaired) electrons. The largest absolute Gasteiger partial charge is 0.482 e. The van der Waals surface area contributed by atoms with Crippen molar-refractivity contribution in [1.82, 2.24) is 14.9 Å². The molecular weight excluding hydrogens is 432 g/mol. The zero-order chi connectivity index (χ0) is 22.5. The Morgan fingerprint density at radius 2 is 2.12 bits per heavy atom. The van der Waals surface area contributed by atoms with Gasteiger partial charge < -0.3 is 24.7 Å². The van der Waals surface area contributed by atoms with Crippen LogP contribution in [0.2, 0.25) is 5.02 Å². The summed E-state index contributed by atoms with van der Waals surface area (Å²) >= 11 is 6.04. The van der Waals surface area contributed by atoms with Gasteiger partial charge in [0.15, 0.2) is 6.61 Å². The van der Waals surface area contributed by atoms with Crippen molar-refractivity contribution in [3.63, 3.8) is 0 Å². The number of aryl methyl sites for hydroxylation is 1. The summed E-state index contributed by atoms with van der Waals surface area (Å²) in [6.45, 7) is 0.978. The monoisotopic (exact) mass is 456 g/mol. The van der Waals surface area contributed by atoms with Gasteiger partial charge in [0.1, 0.15) is 17.7 Å². The summed E-state index contributed by atoms with van der Waals surface area (Å²) in [6, 6.07) is 12.5. The first-order chi connectivity index (χ1) is 15.5. The topological polar surface area (TPSA) is 94.5 Å². The van der Waals surface area contributed by atoms with Crippen molar-refractivity contribution in [1.29, 1.82) is 0 Å². The fraction of sp³-hybridized carbons (Fsp3) is 0.348. The number of benzene rings is 2. The normalized spacial score (nSPS) is 15.6. The SMILES string of the molecule is Cn1c(CCNC(=O)[C@@H]2CCCO2)nc2cc(NC(=O)COc3ccccc3Cl)ccc21. The van der Waals surface area contributed by atoms with Gasteiger partial charge in [-0.15, -0.1) is 0 Å². The Morgan fingerprint density at radius 3 is 2.91 bits per heavy atom. The molecule has 0 bridgehead atoms. The molecule has 2 heterocycles. The van der Waals surface area contributed by atoms with Crippen LogP contribution in [0.5, 0.6) is 5.75 Å². The summed E-state index contributed by atoms with van der Waals surface area (Å²) in [5, 5.41) is 6.18. The average Bonchev–Trinajstić information content (AvgIpc) is 3.42. The second-order valence-electron chi connectivity index (χ2n) is 7.60. The first-order valence-corrected chi connectivity index (χ1v) is 10.9. The summed E-state index contributed by atoms with van der Waals surface area (Å²) in [6.07, 6.45) is 1.96. The lowest BCUT2D eigenvalue weighted by Crippen LogP contribution is -2.35. The van der Waals surface area contributed by atoms with Crippen LogP contribution in [0.15, 0.2) is 42.5 Å². The van der Waals surface area contributed by atoms with Gasteiger partial charge in [0.25, 0.3) is 5.91 Å². The van der Waals surface area contributed by atoms with E-state index in [1.54, 1.807) is 24.3 Å². The minimum Gasteiger partial charge on any atom is -0.482 e. The number of para-hydroxylation sites is 1. The highest BCUT2D eigenvalue weighted by atomic mass is 35.5. The number of nitrogens with zero attached hydrogens (tertiary/aromatic N) is 2. The number of aromatic nitrogens is 2. The van der Waals surface area contributed by atoms with E-state index in [2.05, 4.69) is 15.6 Å². The van der Waals surface area contributed by atoms with Crippen LogP contribution in [-0.2, 0) is 27.8 Å². The quantitative estimate of drug-likeness (QED) is 0.543. The lowest BCUT2D eigenvalue weighted by Gasteiger charge is -2.10. The molecule has 1 aromatic heterocycles. The van der Waals surface area contributed by atoms with E-state index < -0.39 is 0 Å². The minimum atomic E-state index is -0.330. The maximum absolute atomic E-state index is 12.3. The summed E-state index contributed by atoms with van der Waals surface area (Å²) in [5.74, 6) is 0.946. The molecule has 4 rings (SSSR count). The van der Waals surface area contributed by atoms with E-state index in [-0.39, 0.29) is 24.5 Å². The summed E-state index contributed by atoms with van der Waals surface area (Å²) < 4.78 is 12.9. The Labute approximate surface area is 190 Å². The molecule has 0 unspecified atom stereocenters. The number of nitrogens with one attached hydrogen (secondary N) is 2. The van der Waals surface area contributed by atoms with Gasteiger partial charge in [-0.25, -0.2) is 4.98 Å². The van der Waals surface area contributed by atoms with Gasteiger partial charge >= 0.3 is 0 Å². The van der Waals surface area contributed by atoms with Crippen LogP contribution in [0.1, 0.15) is 18.7 Å². The maximum atomic E-state index is 12.3. The van der Waals surface area contributed by atoms with E-state index >= 15 is 0 Å². The number of anilines is 1. The number of imidazole rings is 1. The second kappa shape index (κ2) is 10.0. The number of amides is 2. The van der Waals surface area contributed by atoms with Crippen LogP contribution >= 0.6 is 11.6 Å². The van der Waals surface area contributed by atoms with Gasteiger partial charge in [0.05, 0.1) is 16.1 Å². The minimum absolute atomic E-state index is 0.0646. The number of halogens is 1. The number of carbonyl (C=O) groups is 2. The molecule has 1 aliphatic heterocycles. The van der Waals surface area contributed by atoms with Gasteiger partial charge in [-0.05, 0) is 43.2 Å². The summed E-state index contributed by atoms with van der Waals surface area (Å²) in [4.78, 5) is 29.0. The van der Waals surface area contributed by atoms with Gasteiger partial charge in [-0.3, -0.25) is 9.59 Å². The first kappa shape index (κ1) is 22.1. The van der Waals surface area contributed by atoms with Crippen LogP contribution in [0.4, 0.5) is 5.69 Å². The molecule has 1 aliphatic rings. The van der Waals surface area contributed by atoms with Crippen molar-refractivity contribution in [2.24, 2.45) is 7.05 Å². The van der Waals surface area contributed by atoms with E-state index in [4.69, 9.17) is 21.1 Å². The number of hydrogen-bond acceptors (Lipinski definition) is 5. The maximum Gasteiger partial charge on any atom is 0.262 e. The number of rotatable bonds is 8. The Hall–Kier alpha value is -3.10. The van der Waals surface area contributed by atoms with Crippen LogP contribution in [0.3, 0.4) is 0 Å². The van der Waals surface area contributed by atoms with Crippen LogP contribution in [0.25, 0.3) is 11.0 Å². The molecule has 2 N–H and O–H groups in total. The molecule has 2 aromatic carbocycles. The van der Waals surface area contributed by atoms with Crippen molar-refractivity contribution in [2.75, 3.05) is 25.1 Å². The third-order valence-corrected chi connectivity index (χ3v) is 5.63. The molecule has 8 nitrogen and oxygen atoms in total. The number of ether oxygens (including phenoxy) is 2. The summed E-state index contributed by atoms with van der Waals surface area (Å²) in [5.41, 5.74) is 2.33. The number of hydrogen-bond donors (Lipinski definition) is 2. The number of carbonyl (C=O) groups excluding carboxylic acids is 2. The Bertz CT molecular complexity index is 1120. The molecule has 0 saturated carbocycles. The zero-order valence-electron chi connectivity index (χ0n) is 17.8. The zero-order valence-corrected chi connectivity index (χ0v) is 18.5. The van der Waals surface area contributed by atoms with Crippen molar-refractivity contribution in [3.05, 3.63) is 53.3 Å². The highest BCUT2D eigenvalue weighted by Gasteiger charge is 2.23. The van der Waals surface area contributed by atoms with Crippen molar-refractivity contribution in [3.8, 4) is 5.75 Å². The predicted octanol–water partition coefficient (Wildman–Crippen LogP) is 3.08. The van der Waals surface area contributed by atoms with Crippen LogP contribution < -0.4 is 15.4 Å². The highest BCUT2D eigenvalue weighted by molar-refractivity contribution is 6.32. The van der Waals surface area contributed by atoms with E-state index in [0.717, 1.165) is 29.7 Å². The van der Waals surface area contributed by atoms with Gasteiger partial charge in [0, 0.05) is 32.3 Å². The lowest BCUT2D eigenvalue weighted by atomic mass is 10.2. The van der Waals surface area contributed by atoms with Gasteiger partial charge in [-0.1, -0.05) is 23.7 Å². The lowest BCUT2D eigenvalue weighted by molar-refractivity contribution is -0.130. The highest BCUT2D eigenvalue weighted by Crippen LogP contribution is 2.23. The van der Waals surface area contributed by atoms with Crippen molar-refractivity contribution >= 4 is 40.1 Å². The molecule has 1 fully saturated rings. The Balaban J connectivity index is 1.33. The van der Waals surface area contributed by atoms with E-state index in [9.17, 15) is 9.59 Å². The first-order valence-electron chi connectivity index (χ1n) is 10.5. The molecule has 0 spiro atoms. The molecule has 168 valence electrons. The van der Waals surface area contributed by atoms with Crippen LogP contribution in [-0.4, -0.2) is 47.2 Å². The van der Waals surface area contributed by atoms with Gasteiger partial charge in [-0.2, -0.15) is 0 Å². The van der Waals surface area contributed by atoms with E-state index in [1.165, 1.54) is 0 Å². The standard InChI is InChI=1S/C23H25ClN4O4/c1-28-18-9-8-15(26-22(29)14-32-19-6-3-2-5-16(19)24)13-17(18)27-21(28)10-11-25-23(30)20-7-4-12-31-20/h2-3,5-6,8-9,13,20H,4,7,10-12,14H2,1H3,(H,25,30)(H,26,29)/t20-/m0/s1. The number of fused-ring (bicyclic) bond motifs is 1. The molecule has 9 heteroatoms. The Kier molecular flexibility index (Phi) is 6.92. The molecule has 1 atom stereocenters. The third kappa shape index (κ3) is 5.20. The molecule has 1 saturated heterocycles. The van der Waals surface area contributed by atoms with Crippen molar-refractivity contribution in [2.45, 2.75) is 25.4 Å². The van der Waals surface area contributed by atoms with Crippen LogP contribution in [0, 0.1) is 0 Å². The van der Waals surface area contributed by atoms with Crippen molar-refractivity contribution < 1.29 is 19.1 Å². The fourth-order valence-corrected chi connectivity index (χ4v) is 3.84. The van der Waals surface area contributed by atoms with Gasteiger partial charge in [0.2, 0.25) is 5.91 Å². The third-order valence-electron chi connectivity index (χ3n) is 5.32. The average molecular weight is 457 g/mol. The molecule has 2 amide bonds. The van der Waals surface area contributed by atoms with E-state index in [1.807, 2.05) is 29.8 Å². The second-order valence-corrected chi connectivity index (χ2v) is 8.01. The molecule has 3 aromatic rings. The predicted molar refractivity (Wildman–Crippen MR) is 122 cm³/mol. The van der Waals surface area contributed by atoms with E-state index in [0.29, 0.717) is 36.0 Å². The fourth-order valence-electron chi connectivity index (χ4n) is 3.65. The molecular formula is C23H25ClN4O4. The molecule has 32 heavy (non-hydrogen) atoms. The smallest absolute Gasteiger partial charge is 0.262 e. The molecule has 0 aliphatic carbocycles. The summed E-state index contributed by atoms with van der Waals surface area (Å²) in [7, 11) is 1.93.